The molecule has 6 heteroatoms. The van der Waals surface area contributed by atoms with Crippen LogP contribution in [0.3, 0.4) is 0 Å². The monoisotopic (exact) mass is 305 g/mol. The van der Waals surface area contributed by atoms with Gasteiger partial charge in [0.1, 0.15) is 5.75 Å². The topological polar surface area (TPSA) is 79.5 Å². The van der Waals surface area contributed by atoms with Crippen LogP contribution < -0.4 is 20.7 Å². The smallest absolute Gasteiger partial charge is 0.321 e. The van der Waals surface area contributed by atoms with E-state index in [-0.39, 0.29) is 11.8 Å². The quantitative estimate of drug-likeness (QED) is 0.760. The average Bonchev–Trinajstić information content (AvgIpc) is 2.56. The molecule has 1 aromatic carbocycles. The summed E-state index contributed by atoms with van der Waals surface area (Å²) in [7, 11) is 1.62. The number of carbonyl (C=O) groups is 2. The summed E-state index contributed by atoms with van der Waals surface area (Å²) in [6.45, 7) is 2.13. The fourth-order valence-electron chi connectivity index (χ4n) is 2.49. The van der Waals surface area contributed by atoms with Gasteiger partial charge in [-0.05, 0) is 50.0 Å². The molecule has 120 valence electrons. The highest BCUT2D eigenvalue weighted by molar-refractivity contribution is 5.95. The lowest BCUT2D eigenvalue weighted by Gasteiger charge is -2.21. The van der Waals surface area contributed by atoms with Crippen molar-refractivity contribution in [2.45, 2.75) is 19.3 Å². The van der Waals surface area contributed by atoms with Crippen LogP contribution in [0.4, 0.5) is 4.79 Å². The molecular formula is C16H23N3O3. The Morgan fingerprint density at radius 2 is 2.09 bits per heavy atom. The van der Waals surface area contributed by atoms with Crippen LogP contribution in [0.25, 0.3) is 0 Å². The van der Waals surface area contributed by atoms with Gasteiger partial charge in [0.2, 0.25) is 5.91 Å². The molecule has 1 aliphatic heterocycles. The van der Waals surface area contributed by atoms with E-state index in [1.807, 2.05) is 24.3 Å². The molecule has 3 amide bonds. The Morgan fingerprint density at radius 1 is 1.32 bits per heavy atom. The number of ether oxygens (including phenoxy) is 1. The first-order valence-electron chi connectivity index (χ1n) is 7.61. The Balaban J connectivity index is 1.69. The molecule has 2 rings (SSSR count). The number of rotatable bonds is 5. The highest BCUT2D eigenvalue weighted by Crippen LogP contribution is 2.13. The highest BCUT2D eigenvalue weighted by Gasteiger charge is 2.22. The van der Waals surface area contributed by atoms with Crippen molar-refractivity contribution in [2.24, 2.45) is 5.92 Å². The van der Waals surface area contributed by atoms with Gasteiger partial charge in [0.15, 0.2) is 0 Å². The van der Waals surface area contributed by atoms with Crippen molar-refractivity contribution in [2.75, 3.05) is 26.7 Å². The van der Waals surface area contributed by atoms with Gasteiger partial charge in [0.25, 0.3) is 0 Å². The predicted molar refractivity (Wildman–Crippen MR) is 83.8 cm³/mol. The second-order valence-corrected chi connectivity index (χ2v) is 5.37. The van der Waals surface area contributed by atoms with E-state index in [9.17, 15) is 9.59 Å². The van der Waals surface area contributed by atoms with Crippen LogP contribution in [-0.2, 0) is 11.2 Å². The minimum atomic E-state index is -0.425. The number of amides is 3. The standard InChI is InChI=1S/C16H23N3O3/c1-22-14-4-2-3-12(11-14)5-10-18-16(21)19-15(20)13-6-8-17-9-7-13/h2-4,11,13,17H,5-10H2,1H3,(H2,18,19,20,21). The van der Waals surface area contributed by atoms with E-state index in [2.05, 4.69) is 16.0 Å². The summed E-state index contributed by atoms with van der Waals surface area (Å²) in [5.74, 6) is 0.550. The van der Waals surface area contributed by atoms with Crippen LogP contribution in [-0.4, -0.2) is 38.7 Å². The van der Waals surface area contributed by atoms with Crippen molar-refractivity contribution in [3.63, 3.8) is 0 Å². The van der Waals surface area contributed by atoms with Crippen molar-refractivity contribution >= 4 is 11.9 Å². The number of imide groups is 1. The number of hydrogen-bond donors (Lipinski definition) is 3. The van der Waals surface area contributed by atoms with Crippen molar-refractivity contribution in [1.82, 2.24) is 16.0 Å². The van der Waals surface area contributed by atoms with E-state index in [1.165, 1.54) is 0 Å². The summed E-state index contributed by atoms with van der Waals surface area (Å²) in [6.07, 6.45) is 2.25. The Morgan fingerprint density at radius 3 is 2.82 bits per heavy atom. The van der Waals surface area contributed by atoms with Gasteiger partial charge in [0.05, 0.1) is 7.11 Å². The van der Waals surface area contributed by atoms with Crippen molar-refractivity contribution < 1.29 is 14.3 Å². The molecule has 1 aromatic rings. The van der Waals surface area contributed by atoms with Crippen LogP contribution in [0.15, 0.2) is 24.3 Å². The van der Waals surface area contributed by atoms with Gasteiger partial charge >= 0.3 is 6.03 Å². The zero-order valence-electron chi connectivity index (χ0n) is 12.9. The van der Waals surface area contributed by atoms with Crippen LogP contribution in [0.2, 0.25) is 0 Å². The van der Waals surface area contributed by atoms with E-state index in [0.29, 0.717) is 13.0 Å². The molecule has 1 saturated heterocycles. The predicted octanol–water partition coefficient (Wildman–Crippen LogP) is 1.06. The normalized spacial score (nSPS) is 15.1. The molecule has 3 N–H and O–H groups in total. The first kappa shape index (κ1) is 16.3. The molecule has 0 unspecified atom stereocenters. The molecule has 22 heavy (non-hydrogen) atoms. The number of hydrogen-bond acceptors (Lipinski definition) is 4. The van der Waals surface area contributed by atoms with E-state index in [0.717, 1.165) is 37.2 Å². The Labute approximate surface area is 130 Å². The number of piperidine rings is 1. The number of carbonyl (C=O) groups excluding carboxylic acids is 2. The summed E-state index contributed by atoms with van der Waals surface area (Å²) >= 11 is 0. The minimum Gasteiger partial charge on any atom is -0.497 e. The largest absolute Gasteiger partial charge is 0.497 e. The van der Waals surface area contributed by atoms with Crippen LogP contribution in [0.5, 0.6) is 5.75 Å². The maximum atomic E-state index is 11.9. The van der Waals surface area contributed by atoms with E-state index in [4.69, 9.17) is 4.74 Å². The summed E-state index contributed by atoms with van der Waals surface area (Å²) in [4.78, 5) is 23.6. The van der Waals surface area contributed by atoms with E-state index < -0.39 is 6.03 Å². The average molecular weight is 305 g/mol. The molecule has 1 fully saturated rings. The second-order valence-electron chi connectivity index (χ2n) is 5.37. The summed E-state index contributed by atoms with van der Waals surface area (Å²) < 4.78 is 5.15. The maximum absolute atomic E-state index is 11.9. The molecule has 0 radical (unpaired) electrons. The second kappa shape index (κ2) is 8.38. The first-order chi connectivity index (χ1) is 10.7. The van der Waals surface area contributed by atoms with Gasteiger partial charge in [-0.1, -0.05) is 12.1 Å². The molecule has 0 aliphatic carbocycles. The molecule has 0 bridgehead atoms. The van der Waals surface area contributed by atoms with E-state index >= 15 is 0 Å². The Kier molecular flexibility index (Phi) is 6.21. The highest BCUT2D eigenvalue weighted by atomic mass is 16.5. The first-order valence-corrected chi connectivity index (χ1v) is 7.61. The lowest BCUT2D eigenvalue weighted by molar-refractivity contribution is -0.124. The van der Waals surface area contributed by atoms with Gasteiger partial charge in [0, 0.05) is 12.5 Å². The van der Waals surface area contributed by atoms with Gasteiger partial charge in [-0.2, -0.15) is 0 Å². The zero-order valence-corrected chi connectivity index (χ0v) is 12.9. The lowest BCUT2D eigenvalue weighted by atomic mass is 9.97. The third kappa shape index (κ3) is 5.04. The maximum Gasteiger partial charge on any atom is 0.321 e. The number of urea groups is 1. The van der Waals surface area contributed by atoms with Crippen molar-refractivity contribution in [3.8, 4) is 5.75 Å². The lowest BCUT2D eigenvalue weighted by Crippen LogP contribution is -2.45. The molecule has 0 atom stereocenters. The molecule has 6 nitrogen and oxygen atoms in total. The number of methoxy groups -OCH3 is 1. The van der Waals surface area contributed by atoms with Crippen molar-refractivity contribution in [3.05, 3.63) is 29.8 Å². The van der Waals surface area contributed by atoms with Crippen molar-refractivity contribution in [1.29, 1.82) is 0 Å². The number of benzene rings is 1. The van der Waals surface area contributed by atoms with Crippen LogP contribution in [0.1, 0.15) is 18.4 Å². The van der Waals surface area contributed by atoms with Gasteiger partial charge in [-0.15, -0.1) is 0 Å². The molecule has 0 saturated carbocycles. The molecule has 0 aromatic heterocycles. The van der Waals surface area contributed by atoms with Crippen LogP contribution >= 0.6 is 0 Å². The van der Waals surface area contributed by atoms with Gasteiger partial charge in [-0.3, -0.25) is 10.1 Å². The fourth-order valence-corrected chi connectivity index (χ4v) is 2.49. The zero-order chi connectivity index (χ0) is 15.8. The SMILES string of the molecule is COc1cccc(CCNC(=O)NC(=O)C2CCNCC2)c1. The minimum absolute atomic E-state index is 0.0645. The Hall–Kier alpha value is -2.08. The van der Waals surface area contributed by atoms with Gasteiger partial charge in [-0.25, -0.2) is 4.79 Å². The molecule has 1 heterocycles. The molecule has 0 spiro atoms. The third-order valence-corrected chi connectivity index (χ3v) is 3.78. The summed E-state index contributed by atoms with van der Waals surface area (Å²) in [5.41, 5.74) is 1.07. The third-order valence-electron chi connectivity index (χ3n) is 3.78. The molecular weight excluding hydrogens is 282 g/mol. The Bertz CT molecular complexity index is 513. The number of nitrogens with one attached hydrogen (secondary N) is 3. The molecule has 1 aliphatic rings. The summed E-state index contributed by atoms with van der Waals surface area (Å²) in [6, 6.07) is 7.27. The summed E-state index contributed by atoms with van der Waals surface area (Å²) in [5, 5.41) is 8.32. The van der Waals surface area contributed by atoms with Crippen LogP contribution in [0, 0.1) is 5.92 Å². The van der Waals surface area contributed by atoms with E-state index in [1.54, 1.807) is 7.11 Å². The van der Waals surface area contributed by atoms with Gasteiger partial charge < -0.3 is 15.4 Å². The fraction of sp³-hybridized carbons (Fsp3) is 0.500.